The molecule has 2 rings (SSSR count). The number of ether oxygens (including phenoxy) is 3. The van der Waals surface area contributed by atoms with Crippen molar-refractivity contribution in [3.8, 4) is 5.75 Å². The van der Waals surface area contributed by atoms with Gasteiger partial charge in [0.1, 0.15) is 18.1 Å². The molecule has 1 heterocycles. The molecule has 2 aromatic rings. The Bertz CT molecular complexity index is 629. The number of pyridine rings is 1. The van der Waals surface area contributed by atoms with E-state index in [1.165, 1.54) is 19.2 Å². The van der Waals surface area contributed by atoms with Crippen LogP contribution in [0.4, 0.5) is 0 Å². The molecule has 0 radical (unpaired) electrons. The van der Waals surface area contributed by atoms with Gasteiger partial charge < -0.3 is 14.2 Å². The van der Waals surface area contributed by atoms with Crippen LogP contribution in [-0.2, 0) is 16.1 Å². The quantitative estimate of drug-likeness (QED) is 0.608. The highest BCUT2D eigenvalue weighted by molar-refractivity contribution is 5.88. The molecule has 6 heteroatoms. The molecule has 0 saturated heterocycles. The fourth-order valence-corrected chi connectivity index (χ4v) is 1.62. The standard InChI is InChI=1S/C15H13NO4.C2H6O.C2H6/c1-19-15(18)14-8-13(7-12(9-17)16-14)20-10-11-5-3-2-4-6-11;1-3-2;1-2/h2-9H,10H2,1H3;1-2H3;1-2H3. The maximum Gasteiger partial charge on any atom is 0.356 e. The minimum absolute atomic E-state index is 0.0418. The minimum atomic E-state index is -0.613. The molecule has 0 fully saturated rings. The average molecular weight is 347 g/mol. The Balaban J connectivity index is 0.00000104. The molecule has 0 saturated carbocycles. The fraction of sp³-hybridized carbons (Fsp3) is 0.316. The molecule has 0 bridgehead atoms. The van der Waals surface area contributed by atoms with E-state index in [0.29, 0.717) is 18.6 Å². The van der Waals surface area contributed by atoms with Crippen LogP contribution < -0.4 is 4.74 Å². The number of methoxy groups -OCH3 is 2. The summed E-state index contributed by atoms with van der Waals surface area (Å²) in [5, 5.41) is 0. The zero-order valence-corrected chi connectivity index (χ0v) is 15.3. The van der Waals surface area contributed by atoms with Crippen LogP contribution in [0.5, 0.6) is 5.75 Å². The van der Waals surface area contributed by atoms with Crippen LogP contribution in [0, 0.1) is 0 Å². The smallest absolute Gasteiger partial charge is 0.356 e. The van der Waals surface area contributed by atoms with E-state index >= 15 is 0 Å². The fourth-order valence-electron chi connectivity index (χ4n) is 1.62. The Labute approximate surface area is 148 Å². The molecule has 1 aromatic heterocycles. The number of carbonyl (C=O) groups is 2. The van der Waals surface area contributed by atoms with Crippen molar-refractivity contribution >= 4 is 12.3 Å². The van der Waals surface area contributed by atoms with Crippen LogP contribution in [-0.4, -0.2) is 38.6 Å². The molecular weight excluding hydrogens is 322 g/mol. The lowest BCUT2D eigenvalue weighted by Crippen LogP contribution is -2.07. The summed E-state index contributed by atoms with van der Waals surface area (Å²) in [7, 11) is 4.50. The molecule has 1 aromatic carbocycles. The van der Waals surface area contributed by atoms with E-state index in [4.69, 9.17) is 4.74 Å². The number of hydrogen-bond donors (Lipinski definition) is 0. The molecule has 0 aliphatic heterocycles. The summed E-state index contributed by atoms with van der Waals surface area (Å²) in [5.74, 6) is -0.218. The first kappa shape index (κ1) is 22.3. The van der Waals surface area contributed by atoms with Gasteiger partial charge in [-0.1, -0.05) is 44.2 Å². The van der Waals surface area contributed by atoms with E-state index < -0.39 is 5.97 Å². The van der Waals surface area contributed by atoms with E-state index in [0.717, 1.165) is 5.56 Å². The van der Waals surface area contributed by atoms with E-state index in [9.17, 15) is 9.59 Å². The van der Waals surface area contributed by atoms with Crippen LogP contribution >= 0.6 is 0 Å². The van der Waals surface area contributed by atoms with E-state index in [-0.39, 0.29) is 11.4 Å². The monoisotopic (exact) mass is 347 g/mol. The van der Waals surface area contributed by atoms with Crippen LogP contribution in [0.2, 0.25) is 0 Å². The lowest BCUT2D eigenvalue weighted by molar-refractivity contribution is 0.0593. The van der Waals surface area contributed by atoms with Gasteiger partial charge in [-0.2, -0.15) is 0 Å². The summed E-state index contributed by atoms with van der Waals surface area (Å²) in [6.45, 7) is 4.34. The number of nitrogens with zero attached hydrogens (tertiary/aromatic N) is 1. The first-order chi connectivity index (χ1) is 12.1. The van der Waals surface area contributed by atoms with Gasteiger partial charge in [0.2, 0.25) is 0 Å². The Hall–Kier alpha value is -2.73. The number of aldehydes is 1. The zero-order valence-electron chi connectivity index (χ0n) is 15.3. The first-order valence-corrected chi connectivity index (χ1v) is 7.77. The Morgan fingerprint density at radius 3 is 2.20 bits per heavy atom. The molecular formula is C19H25NO5. The lowest BCUT2D eigenvalue weighted by Gasteiger charge is -2.08. The van der Waals surface area contributed by atoms with Gasteiger partial charge in [0.15, 0.2) is 12.0 Å². The molecule has 0 aliphatic carbocycles. The van der Waals surface area contributed by atoms with Crippen molar-refractivity contribution in [2.45, 2.75) is 20.5 Å². The van der Waals surface area contributed by atoms with Crippen LogP contribution in [0.15, 0.2) is 42.5 Å². The lowest BCUT2D eigenvalue weighted by atomic mass is 10.2. The predicted octanol–water partition coefficient (Wildman–Crippen LogP) is 3.55. The second-order valence-electron chi connectivity index (χ2n) is 4.40. The van der Waals surface area contributed by atoms with Crippen molar-refractivity contribution in [3.63, 3.8) is 0 Å². The second-order valence-corrected chi connectivity index (χ2v) is 4.40. The van der Waals surface area contributed by atoms with Crippen LogP contribution in [0.25, 0.3) is 0 Å². The molecule has 0 atom stereocenters. The maximum atomic E-state index is 11.5. The average Bonchev–Trinajstić information content (AvgIpc) is 2.68. The third kappa shape index (κ3) is 8.62. The van der Waals surface area contributed by atoms with Crippen molar-refractivity contribution in [2.75, 3.05) is 21.3 Å². The minimum Gasteiger partial charge on any atom is -0.489 e. The summed E-state index contributed by atoms with van der Waals surface area (Å²) in [5.41, 5.74) is 1.15. The molecule has 25 heavy (non-hydrogen) atoms. The van der Waals surface area contributed by atoms with E-state index in [1.54, 1.807) is 14.2 Å². The van der Waals surface area contributed by atoms with Crippen molar-refractivity contribution in [1.29, 1.82) is 0 Å². The zero-order chi connectivity index (χ0) is 19.1. The van der Waals surface area contributed by atoms with Gasteiger partial charge >= 0.3 is 5.97 Å². The number of hydrogen-bond acceptors (Lipinski definition) is 6. The highest BCUT2D eigenvalue weighted by Crippen LogP contribution is 2.16. The molecule has 0 N–H and O–H groups in total. The highest BCUT2D eigenvalue weighted by atomic mass is 16.5. The molecule has 0 amide bonds. The molecule has 6 nitrogen and oxygen atoms in total. The maximum absolute atomic E-state index is 11.5. The number of esters is 1. The SMILES string of the molecule is CC.COC.COC(=O)c1cc(OCc2ccccc2)cc(C=O)n1. The first-order valence-electron chi connectivity index (χ1n) is 7.77. The largest absolute Gasteiger partial charge is 0.489 e. The third-order valence-electron chi connectivity index (χ3n) is 2.58. The highest BCUT2D eigenvalue weighted by Gasteiger charge is 2.11. The summed E-state index contributed by atoms with van der Waals surface area (Å²) < 4.78 is 14.4. The van der Waals surface area contributed by atoms with Gasteiger partial charge in [0.05, 0.1) is 7.11 Å². The van der Waals surface area contributed by atoms with Crippen molar-refractivity contribution in [3.05, 3.63) is 59.4 Å². The van der Waals surface area contributed by atoms with E-state index in [1.807, 2.05) is 44.2 Å². The van der Waals surface area contributed by atoms with Gasteiger partial charge in [-0.05, 0) is 5.56 Å². The van der Waals surface area contributed by atoms with Crippen LogP contribution in [0.1, 0.15) is 40.4 Å². The Kier molecular flexibility index (Phi) is 12.2. The van der Waals surface area contributed by atoms with Gasteiger partial charge in [0, 0.05) is 26.4 Å². The number of benzene rings is 1. The summed E-state index contributed by atoms with van der Waals surface area (Å²) in [6, 6.07) is 12.5. The Morgan fingerprint density at radius 2 is 1.68 bits per heavy atom. The molecule has 136 valence electrons. The van der Waals surface area contributed by atoms with Gasteiger partial charge in [-0.15, -0.1) is 0 Å². The van der Waals surface area contributed by atoms with E-state index in [2.05, 4.69) is 14.5 Å². The van der Waals surface area contributed by atoms with Crippen molar-refractivity contribution < 1.29 is 23.8 Å². The van der Waals surface area contributed by atoms with Crippen molar-refractivity contribution in [2.24, 2.45) is 0 Å². The van der Waals surface area contributed by atoms with Gasteiger partial charge in [-0.25, -0.2) is 9.78 Å². The normalized spacial score (nSPS) is 8.84. The third-order valence-corrected chi connectivity index (χ3v) is 2.58. The number of rotatable bonds is 5. The van der Waals surface area contributed by atoms with Crippen LogP contribution in [0.3, 0.4) is 0 Å². The predicted molar refractivity (Wildman–Crippen MR) is 96.0 cm³/mol. The number of carbonyl (C=O) groups excluding carboxylic acids is 2. The molecule has 0 unspecified atom stereocenters. The van der Waals surface area contributed by atoms with Crippen molar-refractivity contribution in [1.82, 2.24) is 4.98 Å². The summed E-state index contributed by atoms with van der Waals surface area (Å²) >= 11 is 0. The Morgan fingerprint density at radius 1 is 1.08 bits per heavy atom. The van der Waals surface area contributed by atoms with Gasteiger partial charge in [0.25, 0.3) is 0 Å². The topological polar surface area (TPSA) is 74.7 Å². The summed E-state index contributed by atoms with van der Waals surface area (Å²) in [6.07, 6.45) is 0.557. The number of aromatic nitrogens is 1. The summed E-state index contributed by atoms with van der Waals surface area (Å²) in [4.78, 5) is 26.1. The molecule has 0 aliphatic rings. The second kappa shape index (κ2) is 13.7. The molecule has 0 spiro atoms. The van der Waals surface area contributed by atoms with Gasteiger partial charge in [-0.3, -0.25) is 4.79 Å².